The second kappa shape index (κ2) is 6.78. The highest BCUT2D eigenvalue weighted by Crippen LogP contribution is 2.25. The molecule has 0 aliphatic carbocycles. The van der Waals surface area contributed by atoms with Gasteiger partial charge in [0, 0.05) is 24.1 Å². The zero-order valence-electron chi connectivity index (χ0n) is 14.5. The van der Waals surface area contributed by atoms with Crippen molar-refractivity contribution < 1.29 is 0 Å². The fraction of sp³-hybridized carbons (Fsp3) is 0.333. The van der Waals surface area contributed by atoms with Gasteiger partial charge in [-0.15, -0.1) is 0 Å². The highest BCUT2D eigenvalue weighted by Gasteiger charge is 2.12. The van der Waals surface area contributed by atoms with Gasteiger partial charge in [-0.3, -0.25) is 0 Å². The second-order valence-electron chi connectivity index (χ2n) is 6.02. The lowest BCUT2D eigenvalue weighted by Gasteiger charge is -2.15. The maximum absolute atomic E-state index is 4.61. The third kappa shape index (κ3) is 3.42. The summed E-state index contributed by atoms with van der Waals surface area (Å²) in [7, 11) is 0. The van der Waals surface area contributed by atoms with Gasteiger partial charge in [0.15, 0.2) is 17.0 Å². The van der Waals surface area contributed by atoms with E-state index in [1.807, 2.05) is 0 Å². The first-order valence-electron chi connectivity index (χ1n) is 8.16. The number of aryl methyl sites for hydroxylation is 2. The number of fused-ring (bicyclic) bond motifs is 1. The summed E-state index contributed by atoms with van der Waals surface area (Å²) in [6.45, 7) is 8.37. The number of rotatable bonds is 5. The molecule has 0 saturated carbocycles. The van der Waals surface area contributed by atoms with Crippen LogP contribution < -0.4 is 10.6 Å². The summed E-state index contributed by atoms with van der Waals surface area (Å²) in [6.07, 6.45) is 4.28. The van der Waals surface area contributed by atoms with Crippen molar-refractivity contribution in [2.75, 3.05) is 10.6 Å². The van der Waals surface area contributed by atoms with Crippen molar-refractivity contribution in [1.29, 1.82) is 0 Å². The summed E-state index contributed by atoms with van der Waals surface area (Å²) in [5.74, 6) is 1.22. The maximum Gasteiger partial charge on any atom is 0.227 e. The Bertz CT molecular complexity index is 861. The van der Waals surface area contributed by atoms with Crippen LogP contribution in [0.25, 0.3) is 11.2 Å². The molecule has 6 heteroatoms. The molecule has 0 amide bonds. The third-order valence-electron chi connectivity index (χ3n) is 3.96. The summed E-state index contributed by atoms with van der Waals surface area (Å²) in [5, 5.41) is 6.68. The molecule has 6 nitrogen and oxygen atoms in total. The first-order valence-corrected chi connectivity index (χ1v) is 8.16. The van der Waals surface area contributed by atoms with E-state index in [-0.39, 0.29) is 6.04 Å². The SMILES string of the molecule is CCC(C)Nc1nc(Nc2ccc(C)cc2C)c2nccnc2n1. The van der Waals surface area contributed by atoms with Crippen LogP contribution in [0, 0.1) is 13.8 Å². The highest BCUT2D eigenvalue weighted by atomic mass is 15.2. The van der Waals surface area contributed by atoms with E-state index in [9.17, 15) is 0 Å². The van der Waals surface area contributed by atoms with Crippen LogP contribution in [0.5, 0.6) is 0 Å². The van der Waals surface area contributed by atoms with Gasteiger partial charge in [0.25, 0.3) is 0 Å². The molecule has 0 bridgehead atoms. The molecule has 3 aromatic rings. The van der Waals surface area contributed by atoms with Crippen molar-refractivity contribution in [3.8, 4) is 0 Å². The van der Waals surface area contributed by atoms with Crippen molar-refractivity contribution in [2.45, 2.75) is 40.2 Å². The highest BCUT2D eigenvalue weighted by molar-refractivity contribution is 5.86. The van der Waals surface area contributed by atoms with Crippen LogP contribution in [0.4, 0.5) is 17.5 Å². The maximum atomic E-state index is 4.61. The van der Waals surface area contributed by atoms with Crippen molar-refractivity contribution in [1.82, 2.24) is 19.9 Å². The molecule has 24 heavy (non-hydrogen) atoms. The normalized spacial score (nSPS) is 12.2. The molecule has 2 N–H and O–H groups in total. The molecule has 0 radical (unpaired) electrons. The quantitative estimate of drug-likeness (QED) is 0.739. The van der Waals surface area contributed by atoms with Crippen molar-refractivity contribution in [3.63, 3.8) is 0 Å². The van der Waals surface area contributed by atoms with Crippen LogP contribution in [0.15, 0.2) is 30.6 Å². The molecular weight excluding hydrogens is 300 g/mol. The molecule has 0 spiro atoms. The number of hydrogen-bond acceptors (Lipinski definition) is 6. The zero-order chi connectivity index (χ0) is 17.1. The lowest BCUT2D eigenvalue weighted by atomic mass is 10.1. The Kier molecular flexibility index (Phi) is 4.55. The summed E-state index contributed by atoms with van der Waals surface area (Å²) in [4.78, 5) is 17.8. The predicted molar refractivity (Wildman–Crippen MR) is 97.7 cm³/mol. The van der Waals surface area contributed by atoms with E-state index in [4.69, 9.17) is 0 Å². The molecule has 0 saturated heterocycles. The lowest BCUT2D eigenvalue weighted by molar-refractivity contribution is 0.754. The number of anilines is 3. The number of nitrogens with zero attached hydrogens (tertiary/aromatic N) is 4. The standard InChI is InChI=1S/C18H22N6/c1-5-13(4)21-18-23-16-15(19-8-9-20-16)17(24-18)22-14-7-6-11(2)10-12(14)3/h6-10,13H,5H2,1-4H3,(H2,20,21,22,23,24). The van der Waals surface area contributed by atoms with Crippen LogP contribution in [-0.4, -0.2) is 26.0 Å². The summed E-state index contributed by atoms with van der Waals surface area (Å²) >= 11 is 0. The molecule has 2 heterocycles. The Morgan fingerprint density at radius 3 is 2.62 bits per heavy atom. The van der Waals surface area contributed by atoms with Gasteiger partial charge in [-0.25, -0.2) is 9.97 Å². The van der Waals surface area contributed by atoms with Gasteiger partial charge < -0.3 is 10.6 Å². The summed E-state index contributed by atoms with van der Waals surface area (Å²) in [5.41, 5.74) is 4.62. The van der Waals surface area contributed by atoms with E-state index < -0.39 is 0 Å². The number of hydrogen-bond donors (Lipinski definition) is 2. The van der Waals surface area contributed by atoms with Gasteiger partial charge in [-0.1, -0.05) is 24.6 Å². The summed E-state index contributed by atoms with van der Waals surface area (Å²) in [6, 6.07) is 6.54. The molecule has 0 fully saturated rings. The Hall–Kier alpha value is -2.76. The average molecular weight is 322 g/mol. The first-order chi connectivity index (χ1) is 11.6. The molecule has 0 aliphatic heterocycles. The molecule has 1 aromatic carbocycles. The monoisotopic (exact) mass is 322 g/mol. The Morgan fingerprint density at radius 2 is 1.88 bits per heavy atom. The minimum Gasteiger partial charge on any atom is -0.352 e. The largest absolute Gasteiger partial charge is 0.352 e. The number of nitrogens with one attached hydrogen (secondary N) is 2. The van der Waals surface area contributed by atoms with E-state index in [2.05, 4.69) is 76.5 Å². The van der Waals surface area contributed by atoms with Crippen LogP contribution in [0.1, 0.15) is 31.4 Å². The fourth-order valence-electron chi connectivity index (χ4n) is 2.42. The zero-order valence-corrected chi connectivity index (χ0v) is 14.5. The second-order valence-corrected chi connectivity index (χ2v) is 6.02. The Balaban J connectivity index is 2.04. The van der Waals surface area contributed by atoms with Crippen molar-refractivity contribution in [3.05, 3.63) is 41.7 Å². The minimum absolute atomic E-state index is 0.285. The average Bonchev–Trinajstić information content (AvgIpc) is 2.57. The summed E-state index contributed by atoms with van der Waals surface area (Å²) < 4.78 is 0. The van der Waals surface area contributed by atoms with E-state index in [0.717, 1.165) is 17.7 Å². The lowest BCUT2D eigenvalue weighted by Crippen LogP contribution is -2.16. The van der Waals surface area contributed by atoms with E-state index in [1.165, 1.54) is 5.56 Å². The van der Waals surface area contributed by atoms with Gasteiger partial charge in [-0.2, -0.15) is 9.97 Å². The molecule has 1 atom stereocenters. The van der Waals surface area contributed by atoms with Crippen LogP contribution >= 0.6 is 0 Å². The predicted octanol–water partition coefficient (Wildman–Crippen LogP) is 3.99. The number of aromatic nitrogens is 4. The van der Waals surface area contributed by atoms with Gasteiger partial charge in [0.1, 0.15) is 0 Å². The molecule has 2 aromatic heterocycles. The van der Waals surface area contributed by atoms with Crippen molar-refractivity contribution >= 4 is 28.6 Å². The topological polar surface area (TPSA) is 75.6 Å². The Labute approximate surface area is 141 Å². The van der Waals surface area contributed by atoms with Gasteiger partial charge in [0.05, 0.1) is 0 Å². The first kappa shape index (κ1) is 16.1. The molecule has 124 valence electrons. The fourth-order valence-corrected chi connectivity index (χ4v) is 2.42. The molecule has 1 unspecified atom stereocenters. The Morgan fingerprint density at radius 1 is 1.08 bits per heavy atom. The van der Waals surface area contributed by atoms with E-state index in [1.54, 1.807) is 12.4 Å². The molecule has 0 aliphatic rings. The molecule has 3 rings (SSSR count). The molecular formula is C18H22N6. The number of benzene rings is 1. The van der Waals surface area contributed by atoms with Gasteiger partial charge in [-0.05, 0) is 38.8 Å². The van der Waals surface area contributed by atoms with Crippen LogP contribution in [0.3, 0.4) is 0 Å². The van der Waals surface area contributed by atoms with Crippen LogP contribution in [-0.2, 0) is 0 Å². The van der Waals surface area contributed by atoms with Gasteiger partial charge in [0.2, 0.25) is 5.95 Å². The van der Waals surface area contributed by atoms with E-state index in [0.29, 0.717) is 22.9 Å². The van der Waals surface area contributed by atoms with Gasteiger partial charge >= 0.3 is 0 Å². The van der Waals surface area contributed by atoms with E-state index >= 15 is 0 Å². The van der Waals surface area contributed by atoms with Crippen LogP contribution in [0.2, 0.25) is 0 Å². The third-order valence-corrected chi connectivity index (χ3v) is 3.96. The van der Waals surface area contributed by atoms with Crippen molar-refractivity contribution in [2.24, 2.45) is 0 Å². The minimum atomic E-state index is 0.285. The smallest absolute Gasteiger partial charge is 0.227 e.